The van der Waals surface area contributed by atoms with Gasteiger partial charge in [-0.1, -0.05) is 31.2 Å². The Kier molecular flexibility index (Phi) is 4.94. The normalized spacial score (nSPS) is 39.9. The highest BCUT2D eigenvalue weighted by Gasteiger charge is 2.62. The molecule has 3 aliphatic carbocycles. The molecule has 0 bridgehead atoms. The maximum Gasteiger partial charge on any atom is 0.530 e. The number of hydrogen-bond acceptors (Lipinski definition) is 5. The Bertz CT molecular complexity index is 1060. The first-order valence-corrected chi connectivity index (χ1v) is 13.3. The monoisotopic (exact) mass is 454 g/mol. The average molecular weight is 455 g/mol. The van der Waals surface area contributed by atoms with Crippen molar-refractivity contribution in [1.82, 2.24) is 0 Å². The lowest BCUT2D eigenvalue weighted by Gasteiger charge is -2.51. The van der Waals surface area contributed by atoms with Crippen molar-refractivity contribution in [2.75, 3.05) is 13.7 Å². The molecule has 2 aromatic rings. The number of phosphoric ester groups is 1. The standard InChI is InChI=1S/C26H31O5P/c1-26-13-12-22-21-11-9-20(28-2)14-17(21)8-10-23(22)24(26)15-18-16-29-32(27,31-25(18)26)30-19-6-4-3-5-7-19/h3-7,9,11,14,18,22-25H,8,10,12-13,15-16H2,1-2H3/t18-,22-,23-,24+,25+,26+,32?/m1/s1. The van der Waals surface area contributed by atoms with Crippen molar-refractivity contribution in [3.63, 3.8) is 0 Å². The van der Waals surface area contributed by atoms with Crippen LogP contribution in [0.1, 0.15) is 49.7 Å². The van der Waals surface area contributed by atoms with Gasteiger partial charge in [0.05, 0.1) is 19.8 Å². The topological polar surface area (TPSA) is 54.0 Å². The van der Waals surface area contributed by atoms with Gasteiger partial charge in [0.15, 0.2) is 0 Å². The van der Waals surface area contributed by atoms with Gasteiger partial charge in [0.25, 0.3) is 0 Å². The Morgan fingerprint density at radius 2 is 1.94 bits per heavy atom. The predicted molar refractivity (Wildman–Crippen MR) is 122 cm³/mol. The predicted octanol–water partition coefficient (Wildman–Crippen LogP) is 6.38. The molecule has 6 rings (SSSR count). The summed E-state index contributed by atoms with van der Waals surface area (Å²) >= 11 is 0. The molecular formula is C26H31O5P. The van der Waals surface area contributed by atoms with E-state index in [1.807, 2.05) is 18.2 Å². The molecule has 1 unspecified atom stereocenters. The van der Waals surface area contributed by atoms with Crippen LogP contribution in [0.5, 0.6) is 11.5 Å². The summed E-state index contributed by atoms with van der Waals surface area (Å²) < 4.78 is 36.6. The van der Waals surface area contributed by atoms with Crippen molar-refractivity contribution in [3.05, 3.63) is 59.7 Å². The van der Waals surface area contributed by atoms with Gasteiger partial charge in [0.1, 0.15) is 11.5 Å². The minimum Gasteiger partial charge on any atom is -0.497 e. The smallest absolute Gasteiger partial charge is 0.497 e. The average Bonchev–Trinajstić information content (AvgIpc) is 3.10. The number of phosphoric acid groups is 1. The van der Waals surface area contributed by atoms with Crippen molar-refractivity contribution in [3.8, 4) is 11.5 Å². The van der Waals surface area contributed by atoms with Crippen LogP contribution >= 0.6 is 7.82 Å². The zero-order valence-electron chi connectivity index (χ0n) is 18.7. The Labute approximate surface area is 190 Å². The van der Waals surface area contributed by atoms with E-state index >= 15 is 0 Å². The third-order valence-electron chi connectivity index (χ3n) is 8.66. The van der Waals surface area contributed by atoms with Crippen LogP contribution in [0, 0.1) is 23.2 Å². The maximum atomic E-state index is 13.4. The molecule has 0 aromatic heterocycles. The lowest BCUT2D eigenvalue weighted by Crippen LogP contribution is -2.46. The molecule has 32 heavy (non-hydrogen) atoms. The van der Waals surface area contributed by atoms with Crippen molar-refractivity contribution in [2.24, 2.45) is 23.2 Å². The first-order chi connectivity index (χ1) is 15.5. The zero-order chi connectivity index (χ0) is 21.9. The molecule has 4 aliphatic rings. The van der Waals surface area contributed by atoms with Crippen molar-refractivity contribution >= 4 is 7.82 Å². The molecule has 7 atom stereocenters. The van der Waals surface area contributed by atoms with E-state index in [0.29, 0.717) is 30.1 Å². The number of aryl methyl sites for hydroxylation is 1. The summed E-state index contributed by atoms with van der Waals surface area (Å²) in [6, 6.07) is 15.8. The third kappa shape index (κ3) is 3.24. The number of benzene rings is 2. The molecule has 0 N–H and O–H groups in total. The van der Waals surface area contributed by atoms with Gasteiger partial charge in [-0.15, -0.1) is 0 Å². The second kappa shape index (κ2) is 7.62. The fourth-order valence-electron chi connectivity index (χ4n) is 7.20. The molecule has 0 amide bonds. The molecule has 0 spiro atoms. The first kappa shape index (κ1) is 20.8. The molecule has 5 nitrogen and oxygen atoms in total. The molecule has 2 aromatic carbocycles. The summed E-state index contributed by atoms with van der Waals surface area (Å²) in [5.41, 5.74) is 2.97. The van der Waals surface area contributed by atoms with Crippen LogP contribution in [0.25, 0.3) is 0 Å². The van der Waals surface area contributed by atoms with Crippen LogP contribution in [-0.4, -0.2) is 19.8 Å². The van der Waals surface area contributed by atoms with Gasteiger partial charge in [-0.3, -0.25) is 9.05 Å². The lowest BCUT2D eigenvalue weighted by molar-refractivity contribution is -0.0585. The number of fused-ring (bicyclic) bond motifs is 7. The Hall–Kier alpha value is -1.81. The number of ether oxygens (including phenoxy) is 1. The molecule has 3 fully saturated rings. The third-order valence-corrected chi connectivity index (χ3v) is 10.0. The van der Waals surface area contributed by atoms with Crippen LogP contribution in [0.4, 0.5) is 0 Å². The highest BCUT2D eigenvalue weighted by Crippen LogP contribution is 2.68. The molecule has 170 valence electrons. The summed E-state index contributed by atoms with van der Waals surface area (Å²) in [5.74, 6) is 3.54. The van der Waals surface area contributed by atoms with Crippen molar-refractivity contribution < 1.29 is 22.9 Å². The molecule has 0 radical (unpaired) electrons. The SMILES string of the molecule is COc1ccc2c(c1)CC[C@@H]1[C@@H]2CC[C@@]2(C)[C@H]1C[C@@H]1COP(=O)(Oc3ccccc3)O[C@@H]12. The number of para-hydroxylation sites is 1. The van der Waals surface area contributed by atoms with E-state index in [1.165, 1.54) is 17.5 Å². The van der Waals surface area contributed by atoms with Crippen molar-refractivity contribution in [1.29, 1.82) is 0 Å². The van der Waals surface area contributed by atoms with E-state index in [-0.39, 0.29) is 17.4 Å². The summed E-state index contributed by atoms with van der Waals surface area (Å²) in [6.45, 7) is 2.81. The summed E-state index contributed by atoms with van der Waals surface area (Å²) in [6.07, 6.45) is 5.53. The highest BCUT2D eigenvalue weighted by atomic mass is 31.2. The van der Waals surface area contributed by atoms with Gasteiger partial charge in [0, 0.05) is 5.92 Å². The second-order valence-corrected chi connectivity index (χ2v) is 11.7. The van der Waals surface area contributed by atoms with Crippen LogP contribution in [-0.2, 0) is 20.0 Å². The van der Waals surface area contributed by atoms with Gasteiger partial charge < -0.3 is 9.26 Å². The Balaban J connectivity index is 1.25. The molecule has 1 aliphatic heterocycles. The Morgan fingerprint density at radius 1 is 1.09 bits per heavy atom. The number of hydrogen-bond donors (Lipinski definition) is 0. The van der Waals surface area contributed by atoms with Crippen LogP contribution < -0.4 is 9.26 Å². The van der Waals surface area contributed by atoms with E-state index in [2.05, 4.69) is 25.1 Å². The molecule has 1 heterocycles. The fraction of sp³-hybridized carbons (Fsp3) is 0.538. The lowest BCUT2D eigenvalue weighted by atomic mass is 9.55. The fourth-order valence-corrected chi connectivity index (χ4v) is 8.80. The largest absolute Gasteiger partial charge is 0.530 e. The molecule has 1 saturated heterocycles. The maximum absolute atomic E-state index is 13.4. The molecule has 2 saturated carbocycles. The zero-order valence-corrected chi connectivity index (χ0v) is 19.6. The van der Waals surface area contributed by atoms with E-state index in [0.717, 1.165) is 31.4 Å². The first-order valence-electron chi connectivity index (χ1n) is 11.8. The highest BCUT2D eigenvalue weighted by molar-refractivity contribution is 7.49. The minimum atomic E-state index is -3.62. The minimum absolute atomic E-state index is 0.00922. The van der Waals surface area contributed by atoms with Gasteiger partial charge in [-0.25, -0.2) is 4.57 Å². The summed E-state index contributed by atoms with van der Waals surface area (Å²) in [4.78, 5) is 0. The Morgan fingerprint density at radius 3 is 2.75 bits per heavy atom. The summed E-state index contributed by atoms with van der Waals surface area (Å²) in [5, 5.41) is 0. The molecular weight excluding hydrogens is 423 g/mol. The number of methoxy groups -OCH3 is 1. The summed E-state index contributed by atoms with van der Waals surface area (Å²) in [7, 11) is -1.89. The van der Waals surface area contributed by atoms with Gasteiger partial charge in [0.2, 0.25) is 0 Å². The van der Waals surface area contributed by atoms with Gasteiger partial charge in [-0.2, -0.15) is 0 Å². The van der Waals surface area contributed by atoms with E-state index in [1.54, 1.807) is 19.2 Å². The van der Waals surface area contributed by atoms with Crippen LogP contribution in [0.2, 0.25) is 0 Å². The quantitative estimate of drug-likeness (QED) is 0.504. The second-order valence-electron chi connectivity index (χ2n) is 10.2. The van der Waals surface area contributed by atoms with Crippen LogP contribution in [0.3, 0.4) is 0 Å². The van der Waals surface area contributed by atoms with Crippen molar-refractivity contribution in [2.45, 2.75) is 51.0 Å². The van der Waals surface area contributed by atoms with E-state index in [9.17, 15) is 4.57 Å². The number of rotatable bonds is 3. The van der Waals surface area contributed by atoms with Gasteiger partial charge >= 0.3 is 7.82 Å². The van der Waals surface area contributed by atoms with E-state index < -0.39 is 7.82 Å². The molecule has 6 heteroatoms. The van der Waals surface area contributed by atoms with Gasteiger partial charge in [-0.05, 0) is 90.7 Å². The van der Waals surface area contributed by atoms with Crippen LogP contribution in [0.15, 0.2) is 48.5 Å². The van der Waals surface area contributed by atoms with E-state index in [4.69, 9.17) is 18.3 Å².